The Morgan fingerprint density at radius 1 is 1.05 bits per heavy atom. The molecule has 0 unspecified atom stereocenters. The molecular weight excluding hydrogens is 253 g/mol. The predicted octanol–water partition coefficient (Wildman–Crippen LogP) is 3.91. The SMILES string of the molecule is Cc1ccc(F)c(C(=O)c2ccnc3ccccc23)c1. The van der Waals surface area contributed by atoms with Gasteiger partial charge in [-0.05, 0) is 31.2 Å². The third-order valence-electron chi connectivity index (χ3n) is 3.26. The first-order valence-corrected chi connectivity index (χ1v) is 6.31. The molecule has 0 atom stereocenters. The number of hydrogen-bond acceptors (Lipinski definition) is 2. The van der Waals surface area contributed by atoms with E-state index in [-0.39, 0.29) is 11.3 Å². The van der Waals surface area contributed by atoms with E-state index in [1.54, 1.807) is 24.4 Å². The van der Waals surface area contributed by atoms with E-state index in [0.717, 1.165) is 16.5 Å². The van der Waals surface area contributed by atoms with Gasteiger partial charge in [-0.15, -0.1) is 0 Å². The minimum absolute atomic E-state index is 0.0985. The number of aryl methyl sites for hydroxylation is 1. The average Bonchev–Trinajstić information content (AvgIpc) is 2.48. The number of para-hydroxylation sites is 1. The molecule has 3 aromatic rings. The van der Waals surface area contributed by atoms with E-state index in [0.29, 0.717) is 5.56 Å². The molecule has 0 N–H and O–H groups in total. The summed E-state index contributed by atoms with van der Waals surface area (Å²) in [5.41, 5.74) is 2.15. The van der Waals surface area contributed by atoms with Crippen molar-refractivity contribution >= 4 is 16.7 Å². The van der Waals surface area contributed by atoms with Gasteiger partial charge in [-0.1, -0.05) is 29.8 Å². The van der Waals surface area contributed by atoms with Gasteiger partial charge in [0.05, 0.1) is 11.1 Å². The van der Waals surface area contributed by atoms with Crippen molar-refractivity contribution in [1.82, 2.24) is 4.98 Å². The number of fused-ring (bicyclic) bond motifs is 1. The summed E-state index contributed by atoms with van der Waals surface area (Å²) in [5, 5.41) is 0.737. The minimum Gasteiger partial charge on any atom is -0.288 e. The monoisotopic (exact) mass is 265 g/mol. The number of benzene rings is 2. The molecule has 3 heteroatoms. The molecule has 3 rings (SSSR count). The van der Waals surface area contributed by atoms with Gasteiger partial charge in [0.15, 0.2) is 5.78 Å². The Kier molecular flexibility index (Phi) is 3.03. The quantitative estimate of drug-likeness (QED) is 0.657. The van der Waals surface area contributed by atoms with Crippen LogP contribution in [0.1, 0.15) is 21.5 Å². The predicted molar refractivity (Wildman–Crippen MR) is 76.3 cm³/mol. The summed E-state index contributed by atoms with van der Waals surface area (Å²) in [4.78, 5) is 16.8. The van der Waals surface area contributed by atoms with Crippen molar-refractivity contribution in [1.29, 1.82) is 0 Å². The van der Waals surface area contributed by atoms with E-state index < -0.39 is 5.82 Å². The normalized spacial score (nSPS) is 10.7. The lowest BCUT2D eigenvalue weighted by molar-refractivity contribution is 0.103. The third kappa shape index (κ3) is 2.07. The standard InChI is InChI=1S/C17H12FNO/c1-11-6-7-15(18)14(10-11)17(20)13-8-9-19-16-5-3-2-4-12(13)16/h2-10H,1H3. The molecule has 0 fully saturated rings. The molecule has 20 heavy (non-hydrogen) atoms. The van der Waals surface area contributed by atoms with Gasteiger partial charge in [0.2, 0.25) is 0 Å². The number of carbonyl (C=O) groups excluding carboxylic acids is 1. The van der Waals surface area contributed by atoms with E-state index in [9.17, 15) is 9.18 Å². The van der Waals surface area contributed by atoms with Gasteiger partial charge in [-0.2, -0.15) is 0 Å². The molecule has 1 heterocycles. The Morgan fingerprint density at radius 2 is 1.85 bits per heavy atom. The number of halogens is 1. The Bertz CT molecular complexity index is 806. The summed E-state index contributed by atoms with van der Waals surface area (Å²) >= 11 is 0. The lowest BCUT2D eigenvalue weighted by Crippen LogP contribution is -2.06. The second-order valence-electron chi connectivity index (χ2n) is 4.69. The zero-order valence-corrected chi connectivity index (χ0v) is 10.9. The smallest absolute Gasteiger partial charge is 0.196 e. The van der Waals surface area contributed by atoms with Crippen molar-refractivity contribution < 1.29 is 9.18 Å². The zero-order chi connectivity index (χ0) is 14.1. The van der Waals surface area contributed by atoms with Crippen LogP contribution in [0.2, 0.25) is 0 Å². The molecule has 0 saturated heterocycles. The van der Waals surface area contributed by atoms with Crippen LogP contribution in [0.25, 0.3) is 10.9 Å². The Hall–Kier alpha value is -2.55. The number of rotatable bonds is 2. The number of hydrogen-bond donors (Lipinski definition) is 0. The van der Waals surface area contributed by atoms with Crippen molar-refractivity contribution in [2.45, 2.75) is 6.92 Å². The molecule has 0 radical (unpaired) electrons. The highest BCUT2D eigenvalue weighted by Crippen LogP contribution is 2.21. The molecule has 0 bridgehead atoms. The molecule has 2 aromatic carbocycles. The number of carbonyl (C=O) groups is 1. The molecule has 0 amide bonds. The first kappa shape index (κ1) is 12.5. The van der Waals surface area contributed by atoms with Gasteiger partial charge in [-0.25, -0.2) is 4.39 Å². The summed E-state index contributed by atoms with van der Waals surface area (Å²) in [5.74, 6) is -0.814. The average molecular weight is 265 g/mol. The van der Waals surface area contributed by atoms with Crippen LogP contribution in [-0.2, 0) is 0 Å². The van der Waals surface area contributed by atoms with Crippen molar-refractivity contribution in [2.75, 3.05) is 0 Å². The van der Waals surface area contributed by atoms with E-state index in [4.69, 9.17) is 0 Å². The summed E-state index contributed by atoms with van der Waals surface area (Å²) in [6, 6.07) is 13.5. The van der Waals surface area contributed by atoms with Crippen LogP contribution in [0.5, 0.6) is 0 Å². The highest BCUT2D eigenvalue weighted by molar-refractivity contribution is 6.16. The number of ketones is 1. The maximum atomic E-state index is 13.9. The van der Waals surface area contributed by atoms with Gasteiger partial charge in [0, 0.05) is 17.1 Å². The molecule has 1 aromatic heterocycles. The molecule has 98 valence electrons. The van der Waals surface area contributed by atoms with Crippen molar-refractivity contribution in [3.05, 3.63) is 77.2 Å². The molecule has 0 saturated carbocycles. The largest absolute Gasteiger partial charge is 0.288 e. The van der Waals surface area contributed by atoms with Crippen LogP contribution in [-0.4, -0.2) is 10.8 Å². The highest BCUT2D eigenvalue weighted by Gasteiger charge is 2.16. The lowest BCUT2D eigenvalue weighted by atomic mass is 9.98. The summed E-state index contributed by atoms with van der Waals surface area (Å²) in [7, 11) is 0. The van der Waals surface area contributed by atoms with Gasteiger partial charge < -0.3 is 0 Å². The number of aromatic nitrogens is 1. The zero-order valence-electron chi connectivity index (χ0n) is 10.9. The maximum Gasteiger partial charge on any atom is 0.196 e. The van der Waals surface area contributed by atoms with E-state index in [2.05, 4.69) is 4.98 Å². The lowest BCUT2D eigenvalue weighted by Gasteiger charge is -2.07. The second kappa shape index (κ2) is 4.85. The number of nitrogens with zero attached hydrogens (tertiary/aromatic N) is 1. The van der Waals surface area contributed by atoms with Crippen LogP contribution in [0.4, 0.5) is 4.39 Å². The highest BCUT2D eigenvalue weighted by atomic mass is 19.1. The van der Waals surface area contributed by atoms with Gasteiger partial charge in [-0.3, -0.25) is 9.78 Å². The van der Waals surface area contributed by atoms with Crippen molar-refractivity contribution in [2.24, 2.45) is 0 Å². The van der Waals surface area contributed by atoms with E-state index in [1.165, 1.54) is 6.07 Å². The van der Waals surface area contributed by atoms with Crippen molar-refractivity contribution in [3.8, 4) is 0 Å². The minimum atomic E-state index is -0.499. The van der Waals surface area contributed by atoms with Crippen molar-refractivity contribution in [3.63, 3.8) is 0 Å². The molecule has 0 aliphatic carbocycles. The topological polar surface area (TPSA) is 30.0 Å². The van der Waals surface area contributed by atoms with Gasteiger partial charge >= 0.3 is 0 Å². The van der Waals surface area contributed by atoms with Crippen LogP contribution in [0.3, 0.4) is 0 Å². The van der Waals surface area contributed by atoms with E-state index >= 15 is 0 Å². The molecule has 0 spiro atoms. The fourth-order valence-electron chi connectivity index (χ4n) is 2.25. The second-order valence-corrected chi connectivity index (χ2v) is 4.69. The Balaban J connectivity index is 2.20. The molecule has 0 aliphatic heterocycles. The maximum absolute atomic E-state index is 13.9. The van der Waals surface area contributed by atoms with E-state index in [1.807, 2.05) is 31.2 Å². The summed E-state index contributed by atoms with van der Waals surface area (Å²) in [6.07, 6.45) is 1.57. The Morgan fingerprint density at radius 3 is 2.70 bits per heavy atom. The molecular formula is C17H12FNO. The summed E-state index contributed by atoms with van der Waals surface area (Å²) in [6.45, 7) is 1.83. The van der Waals surface area contributed by atoms with Crippen LogP contribution in [0.15, 0.2) is 54.7 Å². The first-order chi connectivity index (χ1) is 9.66. The van der Waals surface area contributed by atoms with Gasteiger partial charge in [0.1, 0.15) is 5.82 Å². The molecule has 0 aliphatic rings. The number of pyridine rings is 1. The fourth-order valence-corrected chi connectivity index (χ4v) is 2.25. The van der Waals surface area contributed by atoms with Crippen LogP contribution >= 0.6 is 0 Å². The molecule has 2 nitrogen and oxygen atoms in total. The Labute approximate surface area is 115 Å². The van der Waals surface area contributed by atoms with Crippen LogP contribution in [0, 0.1) is 12.7 Å². The summed E-state index contributed by atoms with van der Waals surface area (Å²) < 4.78 is 13.9. The van der Waals surface area contributed by atoms with Crippen LogP contribution < -0.4 is 0 Å². The first-order valence-electron chi connectivity index (χ1n) is 6.31. The fraction of sp³-hybridized carbons (Fsp3) is 0.0588. The van der Waals surface area contributed by atoms with Gasteiger partial charge in [0.25, 0.3) is 0 Å². The third-order valence-corrected chi connectivity index (χ3v) is 3.26.